The molecule has 3 fully saturated rings. The normalized spacial score (nSPS) is 21.0. The van der Waals surface area contributed by atoms with Crippen molar-refractivity contribution in [3.63, 3.8) is 0 Å². The predicted molar refractivity (Wildman–Crippen MR) is 145 cm³/mol. The fourth-order valence-electron chi connectivity index (χ4n) is 5.75. The Labute approximate surface area is 224 Å². The molecule has 0 radical (unpaired) electrons. The highest BCUT2D eigenvalue weighted by molar-refractivity contribution is 5.97. The largest absolute Gasteiger partial charge is 0.481 e. The van der Waals surface area contributed by atoms with Gasteiger partial charge in [-0.05, 0) is 74.3 Å². The molecule has 1 N–H and O–H groups in total. The number of rotatable bonds is 7. The van der Waals surface area contributed by atoms with E-state index < -0.39 is 11.4 Å². The van der Waals surface area contributed by atoms with Crippen LogP contribution in [0.15, 0.2) is 54.6 Å². The van der Waals surface area contributed by atoms with Crippen LogP contribution in [0.5, 0.6) is 0 Å². The number of hydrogen-bond acceptors (Lipinski definition) is 4. The van der Waals surface area contributed by atoms with Gasteiger partial charge in [-0.3, -0.25) is 14.5 Å². The van der Waals surface area contributed by atoms with Crippen LogP contribution in [0.25, 0.3) is 0 Å². The lowest BCUT2D eigenvalue weighted by atomic mass is 9.75. The Morgan fingerprint density at radius 2 is 1.66 bits per heavy atom. The van der Waals surface area contributed by atoms with Gasteiger partial charge in [0, 0.05) is 44.5 Å². The van der Waals surface area contributed by atoms with Crippen molar-refractivity contribution < 1.29 is 24.2 Å². The smallest absolute Gasteiger partial charge is 0.324 e. The first kappa shape index (κ1) is 26.2. The van der Waals surface area contributed by atoms with E-state index in [0.29, 0.717) is 32.2 Å². The van der Waals surface area contributed by atoms with Crippen LogP contribution < -0.4 is 9.80 Å². The summed E-state index contributed by atoms with van der Waals surface area (Å²) in [5.74, 6) is -0.529. The fraction of sp³-hybridized carbons (Fsp3) is 0.500. The molecule has 2 aliphatic heterocycles. The summed E-state index contributed by atoms with van der Waals surface area (Å²) in [5, 5.41) is 10.3. The molecule has 0 spiro atoms. The molecule has 0 unspecified atom stereocenters. The minimum absolute atomic E-state index is 0.103. The van der Waals surface area contributed by atoms with Gasteiger partial charge in [-0.15, -0.1) is 0 Å². The van der Waals surface area contributed by atoms with Gasteiger partial charge in [0.2, 0.25) is 5.91 Å². The second kappa shape index (κ2) is 11.2. The number of benzene rings is 2. The van der Waals surface area contributed by atoms with Crippen molar-refractivity contribution in [1.29, 1.82) is 0 Å². The molecule has 8 heteroatoms. The molecule has 2 aromatic rings. The van der Waals surface area contributed by atoms with Gasteiger partial charge in [-0.2, -0.15) is 0 Å². The maximum Gasteiger partial charge on any atom is 0.324 e. The number of anilines is 2. The molecule has 0 bridgehead atoms. The molecule has 5 rings (SSSR count). The van der Waals surface area contributed by atoms with Crippen LogP contribution in [0.1, 0.15) is 56.4 Å². The topological polar surface area (TPSA) is 90.4 Å². The van der Waals surface area contributed by atoms with Crippen LogP contribution in [0.2, 0.25) is 0 Å². The number of carboxylic acid groups (broad SMARTS) is 1. The lowest BCUT2D eigenvalue weighted by molar-refractivity contribution is -0.154. The van der Waals surface area contributed by atoms with Crippen molar-refractivity contribution in [2.45, 2.75) is 56.9 Å². The number of para-hydroxylation sites is 1. The lowest BCUT2D eigenvalue weighted by Crippen LogP contribution is -2.53. The van der Waals surface area contributed by atoms with Crippen LogP contribution in [0.4, 0.5) is 16.2 Å². The van der Waals surface area contributed by atoms with Gasteiger partial charge >= 0.3 is 12.0 Å². The molecular formula is C30H37N3O5. The highest BCUT2D eigenvalue weighted by Crippen LogP contribution is 2.41. The Hall–Kier alpha value is -3.39. The van der Waals surface area contributed by atoms with E-state index in [1.54, 1.807) is 21.7 Å². The van der Waals surface area contributed by atoms with Gasteiger partial charge < -0.3 is 19.6 Å². The van der Waals surface area contributed by atoms with Gasteiger partial charge in [-0.25, -0.2) is 4.79 Å². The third-order valence-electron chi connectivity index (χ3n) is 8.35. The molecule has 38 heavy (non-hydrogen) atoms. The summed E-state index contributed by atoms with van der Waals surface area (Å²) < 4.78 is 5.66. The second-order valence-electron chi connectivity index (χ2n) is 10.9. The Kier molecular flexibility index (Phi) is 7.70. The minimum Gasteiger partial charge on any atom is -0.481 e. The van der Waals surface area contributed by atoms with Gasteiger partial charge in [0.25, 0.3) is 0 Å². The van der Waals surface area contributed by atoms with Crippen molar-refractivity contribution >= 4 is 29.3 Å². The second-order valence-corrected chi connectivity index (χ2v) is 10.9. The minimum atomic E-state index is -1.21. The van der Waals surface area contributed by atoms with Crippen LogP contribution >= 0.6 is 0 Å². The number of carbonyl (C=O) groups is 3. The quantitative estimate of drug-likeness (QED) is 0.563. The number of likely N-dealkylation sites (tertiary alicyclic amines) is 1. The van der Waals surface area contributed by atoms with Crippen molar-refractivity contribution in [3.05, 3.63) is 60.2 Å². The molecule has 2 heterocycles. The van der Waals surface area contributed by atoms with Crippen molar-refractivity contribution in [1.82, 2.24) is 4.90 Å². The fourth-order valence-corrected chi connectivity index (χ4v) is 5.75. The number of nitrogens with zero attached hydrogens (tertiary/aromatic N) is 3. The van der Waals surface area contributed by atoms with Gasteiger partial charge in [0.15, 0.2) is 0 Å². The number of piperidine rings is 1. The number of aliphatic carboxylic acids is 1. The summed E-state index contributed by atoms with van der Waals surface area (Å²) in [7, 11) is 1.75. The van der Waals surface area contributed by atoms with E-state index in [0.717, 1.165) is 24.2 Å². The Morgan fingerprint density at radius 3 is 2.24 bits per heavy atom. The maximum atomic E-state index is 13.7. The molecule has 0 aromatic heterocycles. The van der Waals surface area contributed by atoms with E-state index in [9.17, 15) is 19.5 Å². The first-order chi connectivity index (χ1) is 18.4. The van der Waals surface area contributed by atoms with Crippen LogP contribution in [-0.2, 0) is 14.3 Å². The first-order valence-corrected chi connectivity index (χ1v) is 13.7. The van der Waals surface area contributed by atoms with Gasteiger partial charge in [-0.1, -0.05) is 30.3 Å². The molecular weight excluding hydrogens is 482 g/mol. The number of carboxylic acids is 1. The molecule has 202 valence electrons. The Balaban J connectivity index is 1.26. The molecule has 1 aliphatic carbocycles. The van der Waals surface area contributed by atoms with Gasteiger partial charge in [0.05, 0.1) is 18.1 Å². The maximum absolute atomic E-state index is 13.7. The summed E-state index contributed by atoms with van der Waals surface area (Å²) in [6.07, 6.45) is 4.50. The average molecular weight is 520 g/mol. The molecule has 2 saturated heterocycles. The van der Waals surface area contributed by atoms with E-state index in [-0.39, 0.29) is 37.2 Å². The first-order valence-electron chi connectivity index (χ1n) is 13.7. The standard InChI is InChI=1S/C30H37N3O5/c1-31(24-13-11-23(12-14-24)22-9-10-22)29(37)32-17-15-30(16-18-32,28(35)36)20-27(34)33(25-6-3-2-4-7-25)26-8-5-19-38-21-26/h2-4,6-7,11-14,22,26H,5,8-10,15-21H2,1H3,(H,35,36)/t26-/m0/s1. The monoisotopic (exact) mass is 519 g/mol. The van der Waals surface area contributed by atoms with Crippen LogP contribution in [-0.4, -0.2) is 67.3 Å². The van der Waals surface area contributed by atoms with Crippen LogP contribution in [0, 0.1) is 5.41 Å². The van der Waals surface area contributed by atoms with Crippen LogP contribution in [0.3, 0.4) is 0 Å². The van der Waals surface area contributed by atoms with E-state index in [1.807, 2.05) is 42.5 Å². The molecule has 1 atom stereocenters. The third-order valence-corrected chi connectivity index (χ3v) is 8.35. The van der Waals surface area contributed by atoms with E-state index in [1.165, 1.54) is 18.4 Å². The Bertz CT molecular complexity index is 1130. The lowest BCUT2D eigenvalue weighted by Gasteiger charge is -2.41. The van der Waals surface area contributed by atoms with Crippen molar-refractivity contribution in [3.8, 4) is 0 Å². The van der Waals surface area contributed by atoms with E-state index in [2.05, 4.69) is 12.1 Å². The summed E-state index contributed by atoms with van der Waals surface area (Å²) in [6.45, 7) is 1.70. The molecule has 1 saturated carbocycles. The summed E-state index contributed by atoms with van der Waals surface area (Å²) in [4.78, 5) is 44.6. The number of amides is 3. The molecule has 2 aromatic carbocycles. The molecule has 3 amide bonds. The average Bonchev–Trinajstić information content (AvgIpc) is 3.80. The summed E-state index contributed by atoms with van der Waals surface area (Å²) in [5.41, 5.74) is 1.68. The summed E-state index contributed by atoms with van der Waals surface area (Å²) in [6, 6.07) is 17.3. The zero-order valence-corrected chi connectivity index (χ0v) is 22.1. The number of carbonyl (C=O) groups excluding carboxylic acids is 2. The Morgan fingerprint density at radius 1 is 0.974 bits per heavy atom. The zero-order valence-electron chi connectivity index (χ0n) is 22.1. The summed E-state index contributed by atoms with van der Waals surface area (Å²) >= 11 is 0. The molecule has 8 nitrogen and oxygen atoms in total. The highest BCUT2D eigenvalue weighted by atomic mass is 16.5. The van der Waals surface area contributed by atoms with E-state index in [4.69, 9.17) is 4.74 Å². The van der Waals surface area contributed by atoms with Crippen molar-refractivity contribution in [2.75, 3.05) is 43.2 Å². The number of hydrogen-bond donors (Lipinski definition) is 1. The number of ether oxygens (including phenoxy) is 1. The van der Waals surface area contributed by atoms with Gasteiger partial charge in [0.1, 0.15) is 0 Å². The van der Waals surface area contributed by atoms with Crippen molar-refractivity contribution in [2.24, 2.45) is 5.41 Å². The third kappa shape index (κ3) is 5.55. The molecule has 3 aliphatic rings. The zero-order chi connectivity index (χ0) is 26.7. The number of urea groups is 1. The highest BCUT2D eigenvalue weighted by Gasteiger charge is 2.46. The van der Waals surface area contributed by atoms with E-state index >= 15 is 0 Å². The predicted octanol–water partition coefficient (Wildman–Crippen LogP) is 4.89. The SMILES string of the molecule is CN(C(=O)N1CCC(CC(=O)N(c2ccccc2)[C@H]2CCCOC2)(C(=O)O)CC1)c1ccc(C2CC2)cc1.